The maximum Gasteiger partial charge on any atom is 0.472 e. The van der Waals surface area contributed by atoms with Gasteiger partial charge in [0.05, 0.1) is 19.8 Å². The summed E-state index contributed by atoms with van der Waals surface area (Å²) in [6.45, 7) is 2.36. The van der Waals surface area contributed by atoms with E-state index in [0.717, 1.165) is 70.6 Å². The fourth-order valence-corrected chi connectivity index (χ4v) is 6.54. The average Bonchev–Trinajstić information content (AvgIpc) is 3.14. The van der Waals surface area contributed by atoms with E-state index in [2.05, 4.69) is 42.7 Å². The number of allylic oxidation sites excluding steroid dienone is 4. The summed E-state index contributed by atoms with van der Waals surface area (Å²) in [4.78, 5) is 34.9. The van der Waals surface area contributed by atoms with Crippen LogP contribution in [0.1, 0.15) is 194 Å². The van der Waals surface area contributed by atoms with Crippen molar-refractivity contribution in [2.24, 2.45) is 0 Å². The Hall–Kier alpha value is -1.55. The molecule has 10 nitrogen and oxygen atoms in total. The smallest absolute Gasteiger partial charge is 0.462 e. The lowest BCUT2D eigenvalue weighted by Gasteiger charge is -2.20. The zero-order chi connectivity index (χ0) is 39.1. The Kier molecular flexibility index (Phi) is 37.6. The minimum absolute atomic E-state index is 0.174. The van der Waals surface area contributed by atoms with E-state index in [0.29, 0.717) is 12.8 Å². The van der Waals surface area contributed by atoms with Crippen LogP contribution in [-0.2, 0) is 32.7 Å². The van der Waals surface area contributed by atoms with Gasteiger partial charge in [-0.05, 0) is 64.2 Å². The molecule has 11 heteroatoms. The van der Waals surface area contributed by atoms with Crippen LogP contribution in [0.3, 0.4) is 0 Å². The number of phosphoric acid groups is 1. The monoisotopic (exact) mass is 775 g/mol. The summed E-state index contributed by atoms with van der Waals surface area (Å²) < 4.78 is 32.7. The molecule has 0 spiro atoms. The number of aliphatic hydroxyl groups excluding tert-OH is 2. The van der Waals surface area contributed by atoms with Crippen LogP contribution in [0, 0.1) is 0 Å². The molecule has 0 aromatic carbocycles. The summed E-state index contributed by atoms with van der Waals surface area (Å²) in [6, 6.07) is 0. The SMILES string of the molecule is CCCCCCCC/C=C/CCCCCCCC(=O)OC[C@H](COP(=O)(O)OC[C@H](O)CO)OC(=O)CCCCCCC/C=C/CCCCCCCC. The third-order valence-electron chi connectivity index (χ3n) is 9.08. The summed E-state index contributed by atoms with van der Waals surface area (Å²) in [5.41, 5.74) is 0. The number of phosphoric ester groups is 1. The Labute approximate surface area is 323 Å². The molecule has 0 aromatic heterocycles. The van der Waals surface area contributed by atoms with Gasteiger partial charge in [-0.2, -0.15) is 0 Å². The van der Waals surface area contributed by atoms with Crippen molar-refractivity contribution < 1.29 is 47.8 Å². The quantitative estimate of drug-likeness (QED) is 0.0238. The predicted octanol–water partition coefficient (Wildman–Crippen LogP) is 11.0. The molecule has 53 heavy (non-hydrogen) atoms. The van der Waals surface area contributed by atoms with Gasteiger partial charge in [0.25, 0.3) is 0 Å². The van der Waals surface area contributed by atoms with E-state index in [4.69, 9.17) is 19.1 Å². The fourth-order valence-electron chi connectivity index (χ4n) is 5.75. The molecule has 312 valence electrons. The van der Waals surface area contributed by atoms with Crippen LogP contribution in [0.25, 0.3) is 0 Å². The number of ether oxygens (including phenoxy) is 2. The molecule has 0 aliphatic heterocycles. The number of carbonyl (C=O) groups excluding carboxylic acids is 2. The topological polar surface area (TPSA) is 149 Å². The average molecular weight is 775 g/mol. The van der Waals surface area contributed by atoms with Crippen LogP contribution >= 0.6 is 7.82 Å². The standard InChI is InChI=1S/C42H79O10P/c1-3-5-7-9-11-13-15-17-19-21-23-25-27-29-31-33-41(45)49-37-40(38-51-53(47,48)50-36-39(44)35-43)52-42(46)34-32-30-28-26-24-22-20-18-16-14-12-10-8-6-4-2/h17-20,39-40,43-44H,3-16,21-38H2,1-2H3,(H,47,48)/b19-17+,20-18+/t39-,40-/m1/s1. The third-order valence-corrected chi connectivity index (χ3v) is 10.0. The molecule has 1 unspecified atom stereocenters. The normalized spacial score (nSPS) is 14.1. The number of rotatable bonds is 40. The number of hydrogen-bond acceptors (Lipinski definition) is 9. The summed E-state index contributed by atoms with van der Waals surface area (Å²) in [5.74, 6) is -0.940. The maximum absolute atomic E-state index is 12.6. The first kappa shape index (κ1) is 51.5. The fraction of sp³-hybridized carbons (Fsp3) is 0.857. The highest BCUT2D eigenvalue weighted by molar-refractivity contribution is 7.47. The molecule has 0 bridgehead atoms. The highest BCUT2D eigenvalue weighted by Gasteiger charge is 2.27. The molecule has 0 saturated heterocycles. The van der Waals surface area contributed by atoms with E-state index in [9.17, 15) is 24.2 Å². The zero-order valence-corrected chi connectivity index (χ0v) is 34.6. The molecular weight excluding hydrogens is 695 g/mol. The highest BCUT2D eigenvalue weighted by Crippen LogP contribution is 2.43. The Balaban J connectivity index is 4.33. The van der Waals surface area contributed by atoms with Crippen molar-refractivity contribution in [3.8, 4) is 0 Å². The van der Waals surface area contributed by atoms with Crippen molar-refractivity contribution in [1.82, 2.24) is 0 Å². The molecule has 0 rings (SSSR count). The lowest BCUT2D eigenvalue weighted by molar-refractivity contribution is -0.161. The van der Waals surface area contributed by atoms with Gasteiger partial charge < -0.3 is 24.6 Å². The van der Waals surface area contributed by atoms with Crippen molar-refractivity contribution >= 4 is 19.8 Å². The molecule has 0 aliphatic carbocycles. The van der Waals surface area contributed by atoms with E-state index < -0.39 is 51.8 Å². The Morgan fingerprint density at radius 3 is 1.36 bits per heavy atom. The lowest BCUT2D eigenvalue weighted by atomic mass is 10.1. The lowest BCUT2D eigenvalue weighted by Crippen LogP contribution is -2.29. The van der Waals surface area contributed by atoms with Gasteiger partial charge in [-0.1, -0.05) is 141 Å². The molecule has 3 N–H and O–H groups in total. The second-order valence-corrected chi connectivity index (χ2v) is 15.8. The van der Waals surface area contributed by atoms with Crippen LogP contribution in [0.15, 0.2) is 24.3 Å². The van der Waals surface area contributed by atoms with E-state index in [1.807, 2.05) is 0 Å². The molecule has 0 fully saturated rings. The van der Waals surface area contributed by atoms with Gasteiger partial charge in [0.1, 0.15) is 12.7 Å². The van der Waals surface area contributed by atoms with Crippen molar-refractivity contribution in [3.05, 3.63) is 24.3 Å². The van der Waals surface area contributed by atoms with Crippen LogP contribution < -0.4 is 0 Å². The number of esters is 2. The van der Waals surface area contributed by atoms with Crippen LogP contribution in [0.2, 0.25) is 0 Å². The Morgan fingerprint density at radius 2 is 0.925 bits per heavy atom. The van der Waals surface area contributed by atoms with E-state index >= 15 is 0 Å². The molecule has 0 radical (unpaired) electrons. The Bertz CT molecular complexity index is 941. The van der Waals surface area contributed by atoms with Gasteiger partial charge >= 0.3 is 19.8 Å². The second kappa shape index (κ2) is 38.7. The van der Waals surface area contributed by atoms with Gasteiger partial charge in [0.15, 0.2) is 6.10 Å². The summed E-state index contributed by atoms with van der Waals surface area (Å²) in [5, 5.41) is 18.3. The van der Waals surface area contributed by atoms with Crippen molar-refractivity contribution in [2.45, 2.75) is 206 Å². The number of hydrogen-bond donors (Lipinski definition) is 3. The Morgan fingerprint density at radius 1 is 0.547 bits per heavy atom. The molecule has 0 saturated carbocycles. The van der Waals surface area contributed by atoms with Crippen molar-refractivity contribution in [1.29, 1.82) is 0 Å². The summed E-state index contributed by atoms with van der Waals surface area (Å²) in [6.07, 6.45) is 37.1. The van der Waals surface area contributed by atoms with Crippen LogP contribution in [-0.4, -0.2) is 65.7 Å². The van der Waals surface area contributed by atoms with Crippen LogP contribution in [0.4, 0.5) is 0 Å². The van der Waals surface area contributed by atoms with Gasteiger partial charge in [-0.15, -0.1) is 0 Å². The molecule has 0 heterocycles. The third kappa shape index (κ3) is 38.5. The first-order valence-electron chi connectivity index (χ1n) is 21.3. The van der Waals surface area contributed by atoms with Gasteiger partial charge in [-0.25, -0.2) is 4.57 Å². The minimum atomic E-state index is -4.62. The molecular formula is C42H79O10P. The van der Waals surface area contributed by atoms with Crippen molar-refractivity contribution in [3.63, 3.8) is 0 Å². The van der Waals surface area contributed by atoms with Gasteiger partial charge in [-0.3, -0.25) is 18.6 Å². The first-order chi connectivity index (χ1) is 25.7. The predicted molar refractivity (Wildman–Crippen MR) is 215 cm³/mol. The number of carbonyl (C=O) groups is 2. The molecule has 0 amide bonds. The minimum Gasteiger partial charge on any atom is -0.462 e. The first-order valence-corrected chi connectivity index (χ1v) is 22.8. The molecule has 0 aliphatic rings. The van der Waals surface area contributed by atoms with Gasteiger partial charge in [0, 0.05) is 12.8 Å². The molecule has 0 aromatic rings. The van der Waals surface area contributed by atoms with Gasteiger partial charge in [0.2, 0.25) is 0 Å². The summed E-state index contributed by atoms with van der Waals surface area (Å²) in [7, 11) is -4.62. The van der Waals surface area contributed by atoms with E-state index in [1.165, 1.54) is 83.5 Å². The van der Waals surface area contributed by atoms with Crippen molar-refractivity contribution in [2.75, 3.05) is 26.4 Å². The highest BCUT2D eigenvalue weighted by atomic mass is 31.2. The maximum atomic E-state index is 12.6. The largest absolute Gasteiger partial charge is 0.472 e. The molecule has 3 atom stereocenters. The van der Waals surface area contributed by atoms with E-state index in [1.54, 1.807) is 0 Å². The second-order valence-electron chi connectivity index (χ2n) is 14.4. The summed E-state index contributed by atoms with van der Waals surface area (Å²) >= 11 is 0. The van der Waals surface area contributed by atoms with Crippen LogP contribution in [0.5, 0.6) is 0 Å². The van der Waals surface area contributed by atoms with E-state index in [-0.39, 0.29) is 19.4 Å². The number of aliphatic hydroxyl groups is 2. The zero-order valence-electron chi connectivity index (χ0n) is 33.7. The number of unbranched alkanes of at least 4 members (excludes halogenated alkanes) is 22.